The summed E-state index contributed by atoms with van der Waals surface area (Å²) < 4.78 is 4.19. The highest BCUT2D eigenvalue weighted by Crippen LogP contribution is 2.30. The molecule has 96 valence electrons. The van der Waals surface area contributed by atoms with Gasteiger partial charge in [0.05, 0.1) is 5.69 Å². The summed E-state index contributed by atoms with van der Waals surface area (Å²) in [6.45, 7) is 0. The molecule has 1 aromatic heterocycles. The Hall–Kier alpha value is -2.47. The first-order valence-corrected chi connectivity index (χ1v) is 6.23. The van der Waals surface area contributed by atoms with E-state index >= 15 is 0 Å². The number of rotatable bonds is 4. The Kier molecular flexibility index (Phi) is 4.04. The first-order chi connectivity index (χ1) is 9.24. The molecule has 1 heterocycles. The minimum Gasteiger partial charge on any atom is -0.365 e. The molecule has 0 saturated carbocycles. The zero-order chi connectivity index (χ0) is 13.7. The summed E-state index contributed by atoms with van der Waals surface area (Å²) in [5.41, 5.74) is 6.81. The van der Waals surface area contributed by atoms with Crippen molar-refractivity contribution in [1.29, 1.82) is 0 Å². The van der Waals surface area contributed by atoms with Crippen LogP contribution >= 0.6 is 11.5 Å². The number of anilines is 1. The van der Waals surface area contributed by atoms with Gasteiger partial charge in [-0.3, -0.25) is 9.59 Å². The third-order valence-electron chi connectivity index (χ3n) is 2.40. The van der Waals surface area contributed by atoms with Crippen molar-refractivity contribution in [2.75, 3.05) is 5.32 Å². The minimum absolute atomic E-state index is 0.228. The van der Waals surface area contributed by atoms with Crippen molar-refractivity contribution in [3.8, 4) is 0 Å². The van der Waals surface area contributed by atoms with Gasteiger partial charge in [-0.05, 0) is 11.5 Å². The van der Waals surface area contributed by atoms with Gasteiger partial charge in [0.2, 0.25) is 6.41 Å². The van der Waals surface area contributed by atoms with Gasteiger partial charge in [0, 0.05) is 5.57 Å². The quantitative estimate of drug-likeness (QED) is 0.821. The van der Waals surface area contributed by atoms with Crippen LogP contribution in [0.5, 0.6) is 0 Å². The minimum atomic E-state index is -0.621. The maximum absolute atomic E-state index is 11.5. The highest BCUT2D eigenvalue weighted by atomic mass is 32.1. The lowest BCUT2D eigenvalue weighted by Gasteiger charge is -2.02. The third-order valence-corrected chi connectivity index (χ3v) is 3.18. The van der Waals surface area contributed by atoms with Crippen LogP contribution in [0.1, 0.15) is 16.1 Å². The summed E-state index contributed by atoms with van der Waals surface area (Å²) >= 11 is 1.02. The molecule has 2 amide bonds. The zero-order valence-corrected chi connectivity index (χ0v) is 10.7. The summed E-state index contributed by atoms with van der Waals surface area (Å²) in [6.07, 6.45) is 13.4. The molecule has 6 heteroatoms. The van der Waals surface area contributed by atoms with E-state index in [0.29, 0.717) is 17.1 Å². The molecule has 5 nitrogen and oxygen atoms in total. The molecule has 3 N–H and O–H groups in total. The van der Waals surface area contributed by atoms with E-state index in [2.05, 4.69) is 9.69 Å². The number of allylic oxidation sites excluding steroid dienone is 8. The number of amides is 2. The molecule has 0 unspecified atom stereocenters. The van der Waals surface area contributed by atoms with E-state index in [9.17, 15) is 9.59 Å². The van der Waals surface area contributed by atoms with E-state index in [-0.39, 0.29) is 5.56 Å². The van der Waals surface area contributed by atoms with Crippen LogP contribution in [0.15, 0.2) is 42.5 Å². The molecule has 1 aliphatic rings. The first kappa shape index (κ1) is 13.0. The van der Waals surface area contributed by atoms with E-state index in [0.717, 1.165) is 17.1 Å². The summed E-state index contributed by atoms with van der Waals surface area (Å²) in [5, 5.41) is 2.79. The van der Waals surface area contributed by atoms with Gasteiger partial charge in [-0.15, -0.1) is 0 Å². The molecule has 1 aromatic rings. The maximum atomic E-state index is 11.5. The predicted octanol–water partition coefficient (Wildman–Crippen LogP) is 1.88. The highest BCUT2D eigenvalue weighted by Gasteiger charge is 2.20. The van der Waals surface area contributed by atoms with Crippen LogP contribution in [-0.4, -0.2) is 16.7 Å². The monoisotopic (exact) mass is 273 g/mol. The largest absolute Gasteiger partial charge is 0.365 e. The Morgan fingerprint density at radius 1 is 1.26 bits per heavy atom. The van der Waals surface area contributed by atoms with Crippen LogP contribution in [0.3, 0.4) is 0 Å². The van der Waals surface area contributed by atoms with Crippen molar-refractivity contribution < 1.29 is 9.59 Å². The van der Waals surface area contributed by atoms with Gasteiger partial charge >= 0.3 is 0 Å². The second kappa shape index (κ2) is 5.92. The summed E-state index contributed by atoms with van der Waals surface area (Å²) in [7, 11) is 0. The van der Waals surface area contributed by atoms with Gasteiger partial charge in [0.15, 0.2) is 0 Å². The van der Waals surface area contributed by atoms with Crippen LogP contribution in [0.4, 0.5) is 5.00 Å². The van der Waals surface area contributed by atoms with E-state index in [1.54, 1.807) is 0 Å². The Morgan fingerprint density at radius 2 is 2.00 bits per heavy atom. The van der Waals surface area contributed by atoms with Gasteiger partial charge in [0.25, 0.3) is 5.91 Å². The fraction of sp³-hybridized carbons (Fsp3) is 0. The van der Waals surface area contributed by atoms with Crippen molar-refractivity contribution in [2.45, 2.75) is 0 Å². The number of nitrogens with one attached hydrogen (secondary N) is 1. The number of nitrogens with two attached hydrogens (primary N) is 1. The van der Waals surface area contributed by atoms with E-state index in [1.807, 2.05) is 42.5 Å². The van der Waals surface area contributed by atoms with Gasteiger partial charge in [-0.1, -0.05) is 42.5 Å². The summed E-state index contributed by atoms with van der Waals surface area (Å²) in [6, 6.07) is 0. The lowest BCUT2D eigenvalue weighted by Crippen LogP contribution is -2.14. The van der Waals surface area contributed by atoms with Crippen molar-refractivity contribution in [3.05, 3.63) is 53.8 Å². The van der Waals surface area contributed by atoms with Crippen LogP contribution < -0.4 is 11.1 Å². The van der Waals surface area contributed by atoms with Crippen molar-refractivity contribution in [2.24, 2.45) is 5.73 Å². The Labute approximate surface area is 114 Å². The first-order valence-electron chi connectivity index (χ1n) is 5.45. The number of carbonyl (C=O) groups is 2. The number of aromatic nitrogens is 1. The molecule has 0 saturated heterocycles. The number of primary amides is 1. The van der Waals surface area contributed by atoms with E-state index in [4.69, 9.17) is 5.73 Å². The van der Waals surface area contributed by atoms with E-state index < -0.39 is 5.91 Å². The lowest BCUT2D eigenvalue weighted by molar-refractivity contribution is -0.105. The van der Waals surface area contributed by atoms with Gasteiger partial charge in [-0.2, -0.15) is 4.37 Å². The summed E-state index contributed by atoms with van der Waals surface area (Å²) in [5.74, 6) is -0.621. The van der Waals surface area contributed by atoms with Crippen molar-refractivity contribution >= 4 is 34.4 Å². The molecular weight excluding hydrogens is 262 g/mol. The third kappa shape index (κ3) is 2.86. The van der Waals surface area contributed by atoms with Crippen LogP contribution in [-0.2, 0) is 4.79 Å². The number of nitrogens with zero attached hydrogens (tertiary/aromatic N) is 1. The SMILES string of the molecule is NC(=O)c1c(C2=C/C=C\C=C/C=C2)nsc1NC=O. The summed E-state index contributed by atoms with van der Waals surface area (Å²) in [4.78, 5) is 22.0. The molecule has 0 aromatic carbocycles. The molecule has 19 heavy (non-hydrogen) atoms. The second-order valence-electron chi connectivity index (χ2n) is 3.61. The predicted molar refractivity (Wildman–Crippen MR) is 75.7 cm³/mol. The molecule has 0 radical (unpaired) electrons. The molecule has 1 aliphatic carbocycles. The van der Waals surface area contributed by atoms with Gasteiger partial charge < -0.3 is 11.1 Å². The average Bonchev–Trinajstić information content (AvgIpc) is 2.73. The normalized spacial score (nSPS) is 16.9. The second-order valence-corrected chi connectivity index (χ2v) is 4.39. The molecule has 2 rings (SSSR count). The molecule has 0 aliphatic heterocycles. The Balaban J connectivity index is 2.50. The van der Waals surface area contributed by atoms with Gasteiger partial charge in [-0.25, -0.2) is 0 Å². The molecule has 0 atom stereocenters. The van der Waals surface area contributed by atoms with Crippen molar-refractivity contribution in [3.63, 3.8) is 0 Å². The van der Waals surface area contributed by atoms with E-state index in [1.165, 1.54) is 0 Å². The highest BCUT2D eigenvalue weighted by molar-refractivity contribution is 7.11. The maximum Gasteiger partial charge on any atom is 0.254 e. The Bertz CT molecular complexity index is 624. The average molecular weight is 273 g/mol. The standard InChI is InChI=1S/C13H11N3O2S/c14-12(18)10-11(16-19-13(10)15-8-17)9-6-4-2-1-3-5-7-9/h1-8H,(H2,14,18)(H,15,17)/b2-1-,3-1?,4-2?,5-3-,6-4?,7-5?,9-6?,9-7?. The lowest BCUT2D eigenvalue weighted by atomic mass is 10.1. The fourth-order valence-electron chi connectivity index (χ4n) is 1.59. The zero-order valence-electron chi connectivity index (χ0n) is 9.87. The van der Waals surface area contributed by atoms with Crippen LogP contribution in [0, 0.1) is 0 Å². The number of hydrogen-bond acceptors (Lipinski definition) is 4. The number of carbonyl (C=O) groups excluding carboxylic acids is 2. The van der Waals surface area contributed by atoms with Crippen LogP contribution in [0.2, 0.25) is 0 Å². The smallest absolute Gasteiger partial charge is 0.254 e. The fourth-order valence-corrected chi connectivity index (χ4v) is 2.36. The van der Waals surface area contributed by atoms with Crippen LogP contribution in [0.25, 0.3) is 5.57 Å². The number of hydrogen-bond donors (Lipinski definition) is 2. The van der Waals surface area contributed by atoms with Crippen molar-refractivity contribution in [1.82, 2.24) is 4.37 Å². The molecule has 0 fully saturated rings. The topological polar surface area (TPSA) is 85.1 Å². The molecular formula is C13H11N3O2S. The molecule has 0 spiro atoms. The molecule has 0 bridgehead atoms. The Morgan fingerprint density at radius 3 is 2.74 bits per heavy atom. The van der Waals surface area contributed by atoms with Gasteiger partial charge in [0.1, 0.15) is 10.6 Å².